The molecule has 6 N–H and O–H groups in total. The summed E-state index contributed by atoms with van der Waals surface area (Å²) in [6.45, 7) is 1.18. The number of carbonyl (C=O) groups excluding carboxylic acids is 1. The highest BCUT2D eigenvalue weighted by Crippen LogP contribution is 2.28. The standard InChI is InChI=1S/C21H28N4O3/c1-24-18(9-10-22)17-14-16(7-8-20(17)28-12-11-23)25-21(26)13-15-5-3-4-6-19(15)27-2/h3-9,14,24H,10-13,22-23H2,1-2H3,(H,25,26)/b18-9-. The molecule has 0 saturated carbocycles. The Balaban J connectivity index is 2.23. The van der Waals surface area contributed by atoms with Crippen LogP contribution in [0, 0.1) is 0 Å². The quantitative estimate of drug-likeness (QED) is 0.496. The van der Waals surface area contributed by atoms with Crippen molar-refractivity contribution in [2.24, 2.45) is 11.5 Å². The molecule has 0 saturated heterocycles. The lowest BCUT2D eigenvalue weighted by Crippen LogP contribution is -2.16. The van der Waals surface area contributed by atoms with Gasteiger partial charge >= 0.3 is 0 Å². The second-order valence-electron chi connectivity index (χ2n) is 5.99. The van der Waals surface area contributed by atoms with E-state index in [-0.39, 0.29) is 12.3 Å². The summed E-state index contributed by atoms with van der Waals surface area (Å²) >= 11 is 0. The smallest absolute Gasteiger partial charge is 0.228 e. The molecule has 2 rings (SSSR count). The van der Waals surface area contributed by atoms with Crippen molar-refractivity contribution in [1.29, 1.82) is 0 Å². The average molecular weight is 384 g/mol. The Hall–Kier alpha value is -3.03. The number of nitrogens with one attached hydrogen (secondary N) is 2. The molecule has 2 aromatic rings. The molecular formula is C21H28N4O3. The summed E-state index contributed by atoms with van der Waals surface area (Å²) in [5.41, 5.74) is 14.3. The van der Waals surface area contributed by atoms with Crippen molar-refractivity contribution >= 4 is 17.3 Å². The molecule has 1 amide bonds. The predicted octanol–water partition coefficient (Wildman–Crippen LogP) is 1.73. The zero-order valence-corrected chi connectivity index (χ0v) is 16.3. The molecule has 0 aliphatic heterocycles. The lowest BCUT2D eigenvalue weighted by atomic mass is 10.1. The molecule has 150 valence electrons. The molecule has 0 atom stereocenters. The van der Waals surface area contributed by atoms with Crippen LogP contribution < -0.4 is 31.6 Å². The number of nitrogens with two attached hydrogens (primary N) is 2. The number of methoxy groups -OCH3 is 1. The van der Waals surface area contributed by atoms with E-state index in [0.717, 1.165) is 16.8 Å². The Morgan fingerprint density at radius 3 is 2.61 bits per heavy atom. The van der Waals surface area contributed by atoms with E-state index in [9.17, 15) is 4.79 Å². The molecule has 0 spiro atoms. The van der Waals surface area contributed by atoms with Crippen LogP contribution in [0.1, 0.15) is 11.1 Å². The zero-order valence-electron chi connectivity index (χ0n) is 16.3. The van der Waals surface area contributed by atoms with Gasteiger partial charge in [0.05, 0.1) is 13.5 Å². The van der Waals surface area contributed by atoms with E-state index in [1.807, 2.05) is 42.5 Å². The van der Waals surface area contributed by atoms with E-state index in [1.165, 1.54) is 0 Å². The van der Waals surface area contributed by atoms with E-state index >= 15 is 0 Å². The van der Waals surface area contributed by atoms with Gasteiger partial charge in [-0.3, -0.25) is 4.79 Å². The first-order valence-corrected chi connectivity index (χ1v) is 9.10. The number of anilines is 1. The molecule has 0 bridgehead atoms. The third-order valence-corrected chi connectivity index (χ3v) is 4.06. The molecule has 2 aromatic carbocycles. The first-order chi connectivity index (χ1) is 13.6. The molecule has 28 heavy (non-hydrogen) atoms. The molecule has 0 radical (unpaired) electrons. The van der Waals surface area contributed by atoms with E-state index in [4.69, 9.17) is 20.9 Å². The molecular weight excluding hydrogens is 356 g/mol. The lowest BCUT2D eigenvalue weighted by Gasteiger charge is -2.16. The fraction of sp³-hybridized carbons (Fsp3) is 0.286. The minimum Gasteiger partial charge on any atom is -0.496 e. The van der Waals surface area contributed by atoms with Crippen molar-refractivity contribution in [3.63, 3.8) is 0 Å². The van der Waals surface area contributed by atoms with Gasteiger partial charge in [0.25, 0.3) is 0 Å². The fourth-order valence-corrected chi connectivity index (χ4v) is 2.80. The summed E-state index contributed by atoms with van der Waals surface area (Å²) in [5, 5.41) is 6.04. The summed E-state index contributed by atoms with van der Waals surface area (Å²) in [7, 11) is 3.40. The second kappa shape index (κ2) is 11.0. The number of hydrogen-bond acceptors (Lipinski definition) is 6. The van der Waals surface area contributed by atoms with Crippen LogP contribution in [0.15, 0.2) is 48.5 Å². The van der Waals surface area contributed by atoms with Gasteiger partial charge in [-0.15, -0.1) is 0 Å². The van der Waals surface area contributed by atoms with Crippen LogP contribution in [0.3, 0.4) is 0 Å². The van der Waals surface area contributed by atoms with Gasteiger partial charge in [-0.2, -0.15) is 0 Å². The Morgan fingerprint density at radius 2 is 1.93 bits per heavy atom. The van der Waals surface area contributed by atoms with Crippen molar-refractivity contribution in [2.45, 2.75) is 6.42 Å². The number of para-hydroxylation sites is 1. The van der Waals surface area contributed by atoms with Gasteiger partial charge < -0.3 is 31.6 Å². The zero-order chi connectivity index (χ0) is 20.4. The largest absolute Gasteiger partial charge is 0.496 e. The summed E-state index contributed by atoms with van der Waals surface area (Å²) in [6, 6.07) is 12.9. The molecule has 7 nitrogen and oxygen atoms in total. The second-order valence-corrected chi connectivity index (χ2v) is 5.99. The van der Waals surface area contributed by atoms with Crippen LogP contribution in [-0.4, -0.2) is 39.8 Å². The SMILES string of the molecule is CN/C(=C\CN)c1cc(NC(=O)Cc2ccccc2OC)ccc1OCCN. The Bertz CT molecular complexity index is 821. The maximum absolute atomic E-state index is 12.5. The van der Waals surface area contributed by atoms with Gasteiger partial charge in [-0.1, -0.05) is 18.2 Å². The number of ether oxygens (including phenoxy) is 2. The van der Waals surface area contributed by atoms with Crippen LogP contribution >= 0.6 is 0 Å². The molecule has 0 unspecified atom stereocenters. The molecule has 0 fully saturated rings. The van der Waals surface area contributed by atoms with E-state index in [0.29, 0.717) is 36.9 Å². The predicted molar refractivity (Wildman–Crippen MR) is 112 cm³/mol. The van der Waals surface area contributed by atoms with Gasteiger partial charge in [-0.25, -0.2) is 0 Å². The van der Waals surface area contributed by atoms with Gasteiger partial charge in [0.15, 0.2) is 0 Å². The van der Waals surface area contributed by atoms with Gasteiger partial charge in [0.2, 0.25) is 5.91 Å². The van der Waals surface area contributed by atoms with Gasteiger partial charge in [-0.05, 0) is 30.3 Å². The summed E-state index contributed by atoms with van der Waals surface area (Å²) in [5.74, 6) is 1.22. The van der Waals surface area contributed by atoms with E-state index in [2.05, 4.69) is 10.6 Å². The van der Waals surface area contributed by atoms with Crippen LogP contribution in [0.2, 0.25) is 0 Å². The van der Waals surface area contributed by atoms with Crippen molar-refractivity contribution in [2.75, 3.05) is 39.2 Å². The maximum atomic E-state index is 12.5. The Kier molecular flexibility index (Phi) is 8.33. The summed E-state index contributed by atoms with van der Waals surface area (Å²) in [4.78, 5) is 12.5. The highest BCUT2D eigenvalue weighted by Gasteiger charge is 2.12. The number of hydrogen-bond donors (Lipinski definition) is 4. The third-order valence-electron chi connectivity index (χ3n) is 4.06. The molecule has 0 heterocycles. The van der Waals surface area contributed by atoms with E-state index < -0.39 is 0 Å². The number of carbonyl (C=O) groups is 1. The van der Waals surface area contributed by atoms with Crippen molar-refractivity contribution in [3.05, 3.63) is 59.7 Å². The Labute approximate surface area is 165 Å². The van der Waals surface area contributed by atoms with Crippen LogP contribution in [0.4, 0.5) is 5.69 Å². The molecule has 0 aromatic heterocycles. The average Bonchev–Trinajstić information content (AvgIpc) is 2.71. The highest BCUT2D eigenvalue weighted by atomic mass is 16.5. The number of benzene rings is 2. The maximum Gasteiger partial charge on any atom is 0.228 e. The summed E-state index contributed by atoms with van der Waals surface area (Å²) < 4.78 is 11.0. The minimum atomic E-state index is -0.139. The van der Waals surface area contributed by atoms with Crippen LogP contribution in [0.25, 0.3) is 5.70 Å². The van der Waals surface area contributed by atoms with Crippen molar-refractivity contribution in [1.82, 2.24) is 5.32 Å². The number of rotatable bonds is 10. The van der Waals surface area contributed by atoms with Crippen LogP contribution in [-0.2, 0) is 11.2 Å². The topological polar surface area (TPSA) is 112 Å². The normalized spacial score (nSPS) is 11.1. The highest BCUT2D eigenvalue weighted by molar-refractivity contribution is 5.93. The van der Waals surface area contributed by atoms with E-state index in [1.54, 1.807) is 20.2 Å². The third kappa shape index (κ3) is 5.73. The monoisotopic (exact) mass is 384 g/mol. The first kappa shape index (κ1) is 21.3. The fourth-order valence-electron chi connectivity index (χ4n) is 2.80. The first-order valence-electron chi connectivity index (χ1n) is 9.10. The lowest BCUT2D eigenvalue weighted by molar-refractivity contribution is -0.115. The molecule has 7 heteroatoms. The van der Waals surface area contributed by atoms with Gasteiger partial charge in [0.1, 0.15) is 18.1 Å². The summed E-state index contributed by atoms with van der Waals surface area (Å²) in [6.07, 6.45) is 2.06. The molecule has 0 aliphatic rings. The minimum absolute atomic E-state index is 0.139. The van der Waals surface area contributed by atoms with Crippen LogP contribution in [0.5, 0.6) is 11.5 Å². The molecule has 0 aliphatic carbocycles. The Morgan fingerprint density at radius 1 is 1.14 bits per heavy atom. The van der Waals surface area contributed by atoms with Gasteiger partial charge in [0, 0.05) is 42.6 Å². The van der Waals surface area contributed by atoms with Crippen molar-refractivity contribution in [3.8, 4) is 11.5 Å². The number of amides is 1. The van der Waals surface area contributed by atoms with Crippen molar-refractivity contribution < 1.29 is 14.3 Å².